The summed E-state index contributed by atoms with van der Waals surface area (Å²) in [4.78, 5) is 21.6. The smallest absolute Gasteiger partial charge is 0.303 e. The summed E-state index contributed by atoms with van der Waals surface area (Å²) < 4.78 is 18.9. The number of piperidine rings is 1. The quantitative estimate of drug-likeness (QED) is 0.801. The summed E-state index contributed by atoms with van der Waals surface area (Å²) in [7, 11) is 0. The number of aromatic nitrogens is 2. The van der Waals surface area contributed by atoms with Crippen LogP contribution >= 0.6 is 0 Å². The molecular weight excluding hydrogens is 351 g/mol. The van der Waals surface area contributed by atoms with Gasteiger partial charge in [0.15, 0.2) is 0 Å². The van der Waals surface area contributed by atoms with E-state index >= 15 is 0 Å². The standard InChI is InChI=1S/C19H23FN4O3/c1-12-16(6-7-17(25)26)18(23-19(21)22-12)24-10-8-15(9-11-24)27-14-4-2-13(20)3-5-14/h2-5,15H,6-11H2,1H3,(H,25,26)(H2,21,22,23). The van der Waals surface area contributed by atoms with Gasteiger partial charge in [0.25, 0.3) is 0 Å². The number of carbonyl (C=O) groups is 1. The van der Waals surface area contributed by atoms with E-state index in [0.717, 1.165) is 18.4 Å². The maximum Gasteiger partial charge on any atom is 0.303 e. The molecule has 1 saturated heterocycles. The number of halogens is 1. The molecule has 8 heteroatoms. The second kappa shape index (κ2) is 8.20. The SMILES string of the molecule is Cc1nc(N)nc(N2CCC(Oc3ccc(F)cc3)CC2)c1CCC(=O)O. The van der Waals surface area contributed by atoms with E-state index in [-0.39, 0.29) is 24.3 Å². The van der Waals surface area contributed by atoms with Gasteiger partial charge in [0.2, 0.25) is 5.95 Å². The molecule has 0 spiro atoms. The van der Waals surface area contributed by atoms with Crippen molar-refractivity contribution in [2.75, 3.05) is 23.7 Å². The van der Waals surface area contributed by atoms with Gasteiger partial charge in [-0.1, -0.05) is 0 Å². The Morgan fingerprint density at radius 1 is 1.30 bits per heavy atom. The summed E-state index contributed by atoms with van der Waals surface area (Å²) in [5.74, 6) is 0.401. The zero-order valence-corrected chi connectivity index (χ0v) is 15.2. The van der Waals surface area contributed by atoms with Crippen LogP contribution in [0.2, 0.25) is 0 Å². The second-order valence-electron chi connectivity index (χ2n) is 6.62. The van der Waals surface area contributed by atoms with Gasteiger partial charge in [-0.25, -0.2) is 9.37 Å². The van der Waals surface area contributed by atoms with Crippen molar-refractivity contribution in [2.24, 2.45) is 0 Å². The Labute approximate surface area is 157 Å². The molecular formula is C19H23FN4O3. The molecule has 3 rings (SSSR count). The number of nitrogens with two attached hydrogens (primary N) is 1. The molecule has 0 radical (unpaired) electrons. The van der Waals surface area contributed by atoms with Crippen molar-refractivity contribution in [3.05, 3.63) is 41.3 Å². The zero-order valence-electron chi connectivity index (χ0n) is 15.2. The van der Waals surface area contributed by atoms with Crippen LogP contribution in [-0.2, 0) is 11.2 Å². The van der Waals surface area contributed by atoms with E-state index in [4.69, 9.17) is 15.6 Å². The maximum absolute atomic E-state index is 13.0. The van der Waals surface area contributed by atoms with Gasteiger partial charge in [-0.15, -0.1) is 0 Å². The molecule has 1 fully saturated rings. The molecule has 2 aromatic rings. The van der Waals surface area contributed by atoms with E-state index in [1.165, 1.54) is 12.1 Å². The van der Waals surface area contributed by atoms with Crippen molar-refractivity contribution in [3.8, 4) is 5.75 Å². The van der Waals surface area contributed by atoms with Crippen LogP contribution in [-0.4, -0.2) is 40.2 Å². The highest BCUT2D eigenvalue weighted by atomic mass is 19.1. The van der Waals surface area contributed by atoms with Crippen LogP contribution in [0.3, 0.4) is 0 Å². The van der Waals surface area contributed by atoms with Gasteiger partial charge >= 0.3 is 5.97 Å². The number of hydrogen-bond donors (Lipinski definition) is 2. The Morgan fingerprint density at radius 3 is 2.59 bits per heavy atom. The lowest BCUT2D eigenvalue weighted by molar-refractivity contribution is -0.136. The number of aryl methyl sites for hydroxylation is 1. The Hall–Kier alpha value is -2.90. The highest BCUT2D eigenvalue weighted by Crippen LogP contribution is 2.27. The van der Waals surface area contributed by atoms with Crippen LogP contribution in [0, 0.1) is 12.7 Å². The first-order chi connectivity index (χ1) is 12.9. The number of nitrogen functional groups attached to an aromatic ring is 1. The molecule has 0 aliphatic carbocycles. The minimum Gasteiger partial charge on any atom is -0.490 e. The molecule has 144 valence electrons. The van der Waals surface area contributed by atoms with Crippen LogP contribution in [0.15, 0.2) is 24.3 Å². The number of hydrogen-bond acceptors (Lipinski definition) is 6. The summed E-state index contributed by atoms with van der Waals surface area (Å²) in [6, 6.07) is 6.01. The van der Waals surface area contributed by atoms with Gasteiger partial charge in [0.1, 0.15) is 23.5 Å². The van der Waals surface area contributed by atoms with Crippen molar-refractivity contribution in [1.82, 2.24) is 9.97 Å². The average molecular weight is 374 g/mol. The highest BCUT2D eigenvalue weighted by Gasteiger charge is 2.25. The van der Waals surface area contributed by atoms with Gasteiger partial charge in [-0.2, -0.15) is 4.98 Å². The van der Waals surface area contributed by atoms with E-state index in [2.05, 4.69) is 14.9 Å². The molecule has 0 bridgehead atoms. The molecule has 7 nitrogen and oxygen atoms in total. The zero-order chi connectivity index (χ0) is 19.4. The minimum absolute atomic E-state index is 0.0191. The summed E-state index contributed by atoms with van der Waals surface area (Å²) in [5.41, 5.74) is 7.35. The first kappa shape index (κ1) is 18.9. The number of benzene rings is 1. The molecule has 0 amide bonds. The van der Waals surface area contributed by atoms with Gasteiger partial charge < -0.3 is 20.5 Å². The molecule has 1 aliphatic heterocycles. The molecule has 3 N–H and O–H groups in total. The second-order valence-corrected chi connectivity index (χ2v) is 6.62. The molecule has 0 unspecified atom stereocenters. The largest absolute Gasteiger partial charge is 0.490 e. The minimum atomic E-state index is -0.858. The van der Waals surface area contributed by atoms with Crippen molar-refractivity contribution in [3.63, 3.8) is 0 Å². The van der Waals surface area contributed by atoms with Crippen LogP contribution in [0.4, 0.5) is 16.2 Å². The number of aliphatic carboxylic acids is 1. The Bertz CT molecular complexity index is 805. The molecule has 27 heavy (non-hydrogen) atoms. The van der Waals surface area contributed by atoms with Gasteiger partial charge in [0, 0.05) is 43.6 Å². The number of ether oxygens (including phenoxy) is 1. The lowest BCUT2D eigenvalue weighted by atomic mass is 10.0. The fourth-order valence-electron chi connectivity index (χ4n) is 3.28. The third kappa shape index (κ3) is 4.84. The molecule has 2 heterocycles. The fourth-order valence-corrected chi connectivity index (χ4v) is 3.28. The third-order valence-electron chi connectivity index (χ3n) is 4.66. The molecule has 1 aromatic heterocycles. The van der Waals surface area contributed by atoms with Crippen LogP contribution in [0.25, 0.3) is 0 Å². The first-order valence-electron chi connectivity index (χ1n) is 8.94. The number of rotatable bonds is 6. The lowest BCUT2D eigenvalue weighted by Gasteiger charge is -2.34. The lowest BCUT2D eigenvalue weighted by Crippen LogP contribution is -2.39. The Morgan fingerprint density at radius 2 is 1.96 bits per heavy atom. The summed E-state index contributed by atoms with van der Waals surface area (Å²) in [6.45, 7) is 3.24. The number of carboxylic acid groups (broad SMARTS) is 1. The summed E-state index contributed by atoms with van der Waals surface area (Å²) in [5, 5.41) is 8.99. The fraction of sp³-hybridized carbons (Fsp3) is 0.421. The van der Waals surface area contributed by atoms with Crippen molar-refractivity contribution >= 4 is 17.7 Å². The summed E-state index contributed by atoms with van der Waals surface area (Å²) >= 11 is 0. The monoisotopic (exact) mass is 374 g/mol. The number of anilines is 2. The van der Waals surface area contributed by atoms with Gasteiger partial charge in [0.05, 0.1) is 0 Å². The van der Waals surface area contributed by atoms with E-state index in [0.29, 0.717) is 36.8 Å². The Balaban J connectivity index is 1.68. The van der Waals surface area contributed by atoms with E-state index < -0.39 is 5.97 Å². The third-order valence-corrected chi connectivity index (χ3v) is 4.66. The highest BCUT2D eigenvalue weighted by molar-refractivity contribution is 5.68. The maximum atomic E-state index is 13.0. The van der Waals surface area contributed by atoms with Crippen molar-refractivity contribution in [2.45, 2.75) is 38.7 Å². The molecule has 1 aromatic carbocycles. The van der Waals surface area contributed by atoms with Crippen LogP contribution < -0.4 is 15.4 Å². The number of nitrogens with zero attached hydrogens (tertiary/aromatic N) is 3. The number of carboxylic acids is 1. The predicted octanol–water partition coefficient (Wildman–Crippen LogP) is 2.57. The van der Waals surface area contributed by atoms with Gasteiger partial charge in [-0.3, -0.25) is 4.79 Å². The topological polar surface area (TPSA) is 102 Å². The Kier molecular flexibility index (Phi) is 5.73. The normalized spacial score (nSPS) is 15.0. The molecule has 1 aliphatic rings. The predicted molar refractivity (Wildman–Crippen MR) is 99.4 cm³/mol. The average Bonchev–Trinajstić information content (AvgIpc) is 2.63. The van der Waals surface area contributed by atoms with Crippen LogP contribution in [0.1, 0.15) is 30.5 Å². The molecule has 0 saturated carbocycles. The summed E-state index contributed by atoms with van der Waals surface area (Å²) in [6.07, 6.45) is 1.97. The van der Waals surface area contributed by atoms with Gasteiger partial charge in [-0.05, 0) is 37.6 Å². The first-order valence-corrected chi connectivity index (χ1v) is 8.94. The molecule has 0 atom stereocenters. The van der Waals surface area contributed by atoms with E-state index in [1.807, 2.05) is 6.92 Å². The van der Waals surface area contributed by atoms with E-state index in [9.17, 15) is 9.18 Å². The van der Waals surface area contributed by atoms with Crippen molar-refractivity contribution < 1.29 is 19.0 Å². The van der Waals surface area contributed by atoms with E-state index in [1.54, 1.807) is 12.1 Å². The van der Waals surface area contributed by atoms with Crippen LogP contribution in [0.5, 0.6) is 5.75 Å². The van der Waals surface area contributed by atoms with Crippen molar-refractivity contribution in [1.29, 1.82) is 0 Å².